The van der Waals surface area contributed by atoms with Crippen LogP contribution in [0, 0.1) is 11.3 Å². The lowest BCUT2D eigenvalue weighted by atomic mass is 10.2. The van der Waals surface area contributed by atoms with E-state index in [-0.39, 0.29) is 6.04 Å². The first-order chi connectivity index (χ1) is 4.70. The summed E-state index contributed by atoms with van der Waals surface area (Å²) in [6, 6.07) is 2.12. The molecule has 0 saturated heterocycles. The Balaban J connectivity index is 3.68. The average molecular weight is 138 g/mol. The first kappa shape index (κ1) is 9.19. The predicted octanol–water partition coefficient (Wildman–Crippen LogP) is 1.45. The Morgan fingerprint density at radius 1 is 1.70 bits per heavy atom. The fourth-order valence-corrected chi connectivity index (χ4v) is 0.589. The molecule has 0 aromatic carbocycles. The Morgan fingerprint density at radius 2 is 2.30 bits per heavy atom. The van der Waals surface area contributed by atoms with Crippen molar-refractivity contribution < 1.29 is 0 Å². The number of nitrogens with one attached hydrogen (secondary N) is 1. The number of allylic oxidation sites excluding steroid dienone is 1. The molecule has 0 aromatic rings. The van der Waals surface area contributed by atoms with Gasteiger partial charge in [0.25, 0.3) is 0 Å². The molecule has 0 fully saturated rings. The highest BCUT2D eigenvalue weighted by atomic mass is 14.9. The van der Waals surface area contributed by atoms with Crippen LogP contribution in [-0.4, -0.2) is 13.1 Å². The Bertz CT molecular complexity index is 149. The minimum absolute atomic E-state index is 0.0325. The van der Waals surface area contributed by atoms with E-state index in [4.69, 9.17) is 5.26 Å². The summed E-state index contributed by atoms with van der Waals surface area (Å²) in [4.78, 5) is 0. The minimum Gasteiger partial charge on any atom is -0.305 e. The van der Waals surface area contributed by atoms with Gasteiger partial charge in [-0.2, -0.15) is 5.26 Å². The van der Waals surface area contributed by atoms with Gasteiger partial charge in [0, 0.05) is 0 Å². The van der Waals surface area contributed by atoms with Crippen LogP contribution in [0.5, 0.6) is 0 Å². The van der Waals surface area contributed by atoms with Crippen LogP contribution in [0.25, 0.3) is 0 Å². The molecule has 10 heavy (non-hydrogen) atoms. The molecule has 0 spiro atoms. The first-order valence-corrected chi connectivity index (χ1v) is 3.41. The van der Waals surface area contributed by atoms with Crippen LogP contribution < -0.4 is 5.32 Å². The SMILES string of the molecule is CNC(C#N)CC=C(C)C. The highest BCUT2D eigenvalue weighted by Gasteiger charge is 1.98. The highest BCUT2D eigenvalue weighted by molar-refractivity contribution is 5.00. The van der Waals surface area contributed by atoms with Gasteiger partial charge in [-0.3, -0.25) is 0 Å². The van der Waals surface area contributed by atoms with E-state index in [9.17, 15) is 0 Å². The van der Waals surface area contributed by atoms with Crippen molar-refractivity contribution in [2.45, 2.75) is 26.3 Å². The maximum atomic E-state index is 8.50. The zero-order valence-electron chi connectivity index (χ0n) is 6.81. The van der Waals surface area contributed by atoms with E-state index in [1.807, 2.05) is 13.8 Å². The smallest absolute Gasteiger partial charge is 0.0985 e. The summed E-state index contributed by atoms with van der Waals surface area (Å²) < 4.78 is 0. The van der Waals surface area contributed by atoms with Crippen LogP contribution in [0.2, 0.25) is 0 Å². The number of nitriles is 1. The molecular formula is C8H14N2. The lowest BCUT2D eigenvalue weighted by Gasteiger charge is -2.02. The van der Waals surface area contributed by atoms with Gasteiger partial charge in [0.2, 0.25) is 0 Å². The minimum atomic E-state index is -0.0325. The van der Waals surface area contributed by atoms with Gasteiger partial charge in [0.15, 0.2) is 0 Å². The monoisotopic (exact) mass is 138 g/mol. The lowest BCUT2D eigenvalue weighted by molar-refractivity contribution is 0.686. The third kappa shape index (κ3) is 4.11. The van der Waals surface area contributed by atoms with Crippen molar-refractivity contribution in [3.8, 4) is 6.07 Å². The Morgan fingerprint density at radius 3 is 2.60 bits per heavy atom. The molecular weight excluding hydrogens is 124 g/mol. The summed E-state index contributed by atoms with van der Waals surface area (Å²) in [5.41, 5.74) is 1.26. The second-order valence-corrected chi connectivity index (χ2v) is 2.49. The van der Waals surface area contributed by atoms with Crippen LogP contribution in [-0.2, 0) is 0 Å². The molecule has 56 valence electrons. The van der Waals surface area contributed by atoms with E-state index in [1.54, 1.807) is 7.05 Å². The van der Waals surface area contributed by atoms with Gasteiger partial charge >= 0.3 is 0 Å². The fourth-order valence-electron chi connectivity index (χ4n) is 0.589. The molecule has 0 amide bonds. The van der Waals surface area contributed by atoms with Crippen molar-refractivity contribution in [3.63, 3.8) is 0 Å². The van der Waals surface area contributed by atoms with E-state index < -0.39 is 0 Å². The molecule has 0 aromatic heterocycles. The van der Waals surface area contributed by atoms with Gasteiger partial charge in [-0.05, 0) is 27.3 Å². The third-order valence-corrected chi connectivity index (χ3v) is 1.27. The summed E-state index contributed by atoms with van der Waals surface area (Å²) in [6.45, 7) is 4.06. The standard InChI is InChI=1S/C8H14N2/c1-7(2)4-5-8(6-9)10-3/h4,8,10H,5H2,1-3H3. The van der Waals surface area contributed by atoms with E-state index in [2.05, 4.69) is 17.5 Å². The fraction of sp³-hybridized carbons (Fsp3) is 0.625. The second kappa shape index (κ2) is 5.01. The summed E-state index contributed by atoms with van der Waals surface area (Å²) in [5.74, 6) is 0. The number of nitrogens with zero attached hydrogens (tertiary/aromatic N) is 1. The van der Waals surface area contributed by atoms with Crippen molar-refractivity contribution in [1.29, 1.82) is 5.26 Å². The summed E-state index contributed by atoms with van der Waals surface area (Å²) in [6.07, 6.45) is 2.86. The van der Waals surface area contributed by atoms with Crippen LogP contribution in [0.4, 0.5) is 0 Å². The first-order valence-electron chi connectivity index (χ1n) is 3.41. The Kier molecular flexibility index (Phi) is 4.61. The number of hydrogen-bond donors (Lipinski definition) is 1. The van der Waals surface area contributed by atoms with Crippen LogP contribution in [0.1, 0.15) is 20.3 Å². The molecule has 0 aliphatic heterocycles. The second-order valence-electron chi connectivity index (χ2n) is 2.49. The number of hydrogen-bond acceptors (Lipinski definition) is 2. The van der Waals surface area contributed by atoms with Gasteiger partial charge in [-0.1, -0.05) is 11.6 Å². The largest absolute Gasteiger partial charge is 0.305 e. The predicted molar refractivity (Wildman–Crippen MR) is 42.5 cm³/mol. The van der Waals surface area contributed by atoms with E-state index >= 15 is 0 Å². The topological polar surface area (TPSA) is 35.8 Å². The van der Waals surface area contributed by atoms with Crippen molar-refractivity contribution in [2.24, 2.45) is 0 Å². The zero-order valence-corrected chi connectivity index (χ0v) is 6.81. The quantitative estimate of drug-likeness (QED) is 0.599. The Hall–Kier alpha value is -0.810. The van der Waals surface area contributed by atoms with Crippen molar-refractivity contribution in [2.75, 3.05) is 7.05 Å². The van der Waals surface area contributed by atoms with Gasteiger partial charge in [0.05, 0.1) is 12.1 Å². The molecule has 0 radical (unpaired) electrons. The van der Waals surface area contributed by atoms with Crippen molar-refractivity contribution in [3.05, 3.63) is 11.6 Å². The molecule has 1 atom stereocenters. The molecule has 0 heterocycles. The van der Waals surface area contributed by atoms with Gasteiger partial charge in [-0.15, -0.1) is 0 Å². The number of rotatable bonds is 3. The summed E-state index contributed by atoms with van der Waals surface area (Å²) in [5, 5.41) is 11.4. The maximum absolute atomic E-state index is 8.50. The van der Waals surface area contributed by atoms with Crippen molar-refractivity contribution in [1.82, 2.24) is 5.32 Å². The summed E-state index contributed by atoms with van der Waals surface area (Å²) >= 11 is 0. The lowest BCUT2D eigenvalue weighted by Crippen LogP contribution is -2.21. The molecule has 0 aliphatic carbocycles. The molecule has 1 N–H and O–H groups in total. The van der Waals surface area contributed by atoms with Crippen molar-refractivity contribution >= 4 is 0 Å². The average Bonchev–Trinajstić information content (AvgIpc) is 1.90. The zero-order chi connectivity index (χ0) is 7.98. The van der Waals surface area contributed by atoms with Crippen LogP contribution in [0.3, 0.4) is 0 Å². The Labute approximate surface area is 62.5 Å². The summed E-state index contributed by atoms with van der Waals surface area (Å²) in [7, 11) is 1.80. The molecule has 2 nitrogen and oxygen atoms in total. The van der Waals surface area contributed by atoms with Crippen LogP contribution in [0.15, 0.2) is 11.6 Å². The normalized spacial score (nSPS) is 11.8. The van der Waals surface area contributed by atoms with E-state index in [0.29, 0.717) is 0 Å². The van der Waals surface area contributed by atoms with Gasteiger partial charge in [-0.25, -0.2) is 0 Å². The molecule has 0 saturated carbocycles. The van der Waals surface area contributed by atoms with Gasteiger partial charge in [0.1, 0.15) is 0 Å². The van der Waals surface area contributed by atoms with Crippen LogP contribution >= 0.6 is 0 Å². The van der Waals surface area contributed by atoms with Gasteiger partial charge < -0.3 is 5.32 Å². The van der Waals surface area contributed by atoms with E-state index in [0.717, 1.165) is 6.42 Å². The molecule has 0 rings (SSSR count). The molecule has 0 aliphatic rings. The maximum Gasteiger partial charge on any atom is 0.0985 e. The third-order valence-electron chi connectivity index (χ3n) is 1.27. The molecule has 0 bridgehead atoms. The molecule has 1 unspecified atom stereocenters. The van der Waals surface area contributed by atoms with E-state index in [1.165, 1.54) is 5.57 Å². The highest BCUT2D eigenvalue weighted by Crippen LogP contribution is 1.96. The molecule has 2 heteroatoms.